The number of fused-ring (bicyclic) bond motifs is 6. The van der Waals surface area contributed by atoms with Gasteiger partial charge >= 0.3 is 0 Å². The Labute approximate surface area is 323 Å². The van der Waals surface area contributed by atoms with Crippen LogP contribution in [0.5, 0.6) is 0 Å². The number of anilines is 5. The minimum atomic E-state index is 0.287. The maximum Gasteiger partial charge on any atom is 0.0546 e. The summed E-state index contributed by atoms with van der Waals surface area (Å²) in [5, 5.41) is 7.65. The first kappa shape index (κ1) is 33.0. The molecular weight excluding hydrogens is 665 g/mol. The molecule has 0 amide bonds. The number of nitrogens with zero attached hydrogens (tertiary/aromatic N) is 2. The Hall–Kier alpha value is -6.64. The van der Waals surface area contributed by atoms with Crippen molar-refractivity contribution in [3.8, 4) is 0 Å². The van der Waals surface area contributed by atoms with Gasteiger partial charge in [-0.25, -0.2) is 0 Å². The zero-order valence-corrected chi connectivity index (χ0v) is 31.1. The first-order valence-corrected chi connectivity index (χ1v) is 19.5. The van der Waals surface area contributed by atoms with Crippen molar-refractivity contribution in [2.75, 3.05) is 9.80 Å². The lowest BCUT2D eigenvalue weighted by Crippen LogP contribution is -2.18. The van der Waals surface area contributed by atoms with E-state index in [1.165, 1.54) is 77.3 Å². The molecule has 0 radical (unpaired) electrons. The summed E-state index contributed by atoms with van der Waals surface area (Å²) in [5.74, 6) is 0.287. The van der Waals surface area contributed by atoms with E-state index in [9.17, 15) is 0 Å². The number of allylic oxidation sites excluding steroid dienone is 4. The van der Waals surface area contributed by atoms with Gasteiger partial charge < -0.3 is 9.80 Å². The second-order valence-corrected chi connectivity index (χ2v) is 14.9. The Morgan fingerprint density at radius 2 is 1.15 bits per heavy atom. The quantitative estimate of drug-likeness (QED) is 0.152. The van der Waals surface area contributed by atoms with Gasteiger partial charge in [-0.3, -0.25) is 0 Å². The zero-order valence-electron chi connectivity index (χ0n) is 31.1. The number of para-hydroxylation sites is 2. The minimum absolute atomic E-state index is 0.287. The number of aryl methyl sites for hydroxylation is 2. The monoisotopic (exact) mass is 706 g/mol. The van der Waals surface area contributed by atoms with Crippen LogP contribution in [0, 0.1) is 6.92 Å². The summed E-state index contributed by atoms with van der Waals surface area (Å²) in [6, 6.07) is 60.1. The third-order valence-corrected chi connectivity index (χ3v) is 11.4. The molecule has 8 aromatic rings. The van der Waals surface area contributed by atoms with Crippen molar-refractivity contribution in [3.05, 3.63) is 216 Å². The zero-order chi connectivity index (χ0) is 36.7. The fourth-order valence-corrected chi connectivity index (χ4v) is 8.75. The van der Waals surface area contributed by atoms with Crippen LogP contribution in [0.4, 0.5) is 28.4 Å². The minimum Gasteiger partial charge on any atom is -0.310 e. The van der Waals surface area contributed by atoms with E-state index in [4.69, 9.17) is 0 Å². The van der Waals surface area contributed by atoms with Crippen molar-refractivity contribution in [1.29, 1.82) is 0 Å². The van der Waals surface area contributed by atoms with E-state index in [1.807, 2.05) is 0 Å². The molecule has 0 spiro atoms. The van der Waals surface area contributed by atoms with E-state index >= 15 is 0 Å². The normalized spacial score (nSPS) is 14.9. The maximum absolute atomic E-state index is 2.47. The third kappa shape index (κ3) is 6.01. The largest absolute Gasteiger partial charge is 0.310 e. The van der Waals surface area contributed by atoms with Gasteiger partial charge in [-0.2, -0.15) is 0 Å². The smallest absolute Gasteiger partial charge is 0.0546 e. The van der Waals surface area contributed by atoms with Crippen LogP contribution in [0.3, 0.4) is 0 Å². The molecule has 2 aliphatic rings. The predicted molar refractivity (Wildman–Crippen MR) is 235 cm³/mol. The van der Waals surface area contributed by atoms with Gasteiger partial charge in [-0.15, -0.1) is 0 Å². The van der Waals surface area contributed by atoms with Crippen LogP contribution in [0.25, 0.3) is 38.4 Å². The van der Waals surface area contributed by atoms with Crippen LogP contribution < -0.4 is 9.80 Å². The molecule has 1 unspecified atom stereocenters. The maximum atomic E-state index is 2.47. The lowest BCUT2D eigenvalue weighted by molar-refractivity contribution is 0.840. The van der Waals surface area contributed by atoms with Gasteiger partial charge in [0.05, 0.1) is 11.4 Å². The van der Waals surface area contributed by atoms with Crippen molar-refractivity contribution >= 4 is 66.8 Å². The van der Waals surface area contributed by atoms with Crippen molar-refractivity contribution < 1.29 is 0 Å². The van der Waals surface area contributed by atoms with Gasteiger partial charge in [0.25, 0.3) is 0 Å². The number of hydrogen-bond donors (Lipinski definition) is 0. The van der Waals surface area contributed by atoms with Crippen LogP contribution in [-0.2, 0) is 6.42 Å². The Morgan fingerprint density at radius 1 is 0.509 bits per heavy atom. The average Bonchev–Trinajstić information content (AvgIpc) is 3.25. The SMILES string of the molecule is Cc1ccc2c(N(C3=CCC(c4ccc(N(c5ccccc5)c5cc6ccccc6c6ccccc56)cc4)C=C3)c3ccccc3)cc3c(c2c1)C=CCC3. The van der Waals surface area contributed by atoms with Crippen LogP contribution in [0.1, 0.15) is 41.0 Å². The number of rotatable bonds is 7. The molecule has 0 fully saturated rings. The molecule has 10 rings (SSSR count). The van der Waals surface area contributed by atoms with Crippen LogP contribution in [0.2, 0.25) is 0 Å². The summed E-state index contributed by atoms with van der Waals surface area (Å²) in [6.45, 7) is 2.20. The van der Waals surface area contributed by atoms with E-state index in [0.29, 0.717) is 0 Å². The molecule has 55 heavy (non-hydrogen) atoms. The van der Waals surface area contributed by atoms with Crippen LogP contribution in [-0.4, -0.2) is 0 Å². The van der Waals surface area contributed by atoms with E-state index < -0.39 is 0 Å². The second-order valence-electron chi connectivity index (χ2n) is 14.9. The predicted octanol–water partition coefficient (Wildman–Crippen LogP) is 14.6. The fourth-order valence-electron chi connectivity index (χ4n) is 8.75. The summed E-state index contributed by atoms with van der Waals surface area (Å²) in [4.78, 5) is 4.88. The Bertz CT molecular complexity index is 2790. The van der Waals surface area contributed by atoms with E-state index in [0.717, 1.165) is 30.6 Å². The lowest BCUT2D eigenvalue weighted by Gasteiger charge is -2.31. The molecule has 2 nitrogen and oxygen atoms in total. The first-order valence-electron chi connectivity index (χ1n) is 19.5. The molecule has 2 aliphatic carbocycles. The number of hydrogen-bond acceptors (Lipinski definition) is 2. The molecule has 0 bridgehead atoms. The first-order chi connectivity index (χ1) is 27.2. The molecule has 0 N–H and O–H groups in total. The topological polar surface area (TPSA) is 6.48 Å². The summed E-state index contributed by atoms with van der Waals surface area (Å²) in [7, 11) is 0. The third-order valence-electron chi connectivity index (χ3n) is 11.4. The Balaban J connectivity index is 1.01. The molecule has 264 valence electrons. The second kappa shape index (κ2) is 14.0. The summed E-state index contributed by atoms with van der Waals surface area (Å²) >= 11 is 0. The van der Waals surface area contributed by atoms with E-state index in [1.54, 1.807) is 0 Å². The van der Waals surface area contributed by atoms with Crippen molar-refractivity contribution in [2.24, 2.45) is 0 Å². The van der Waals surface area contributed by atoms with Gasteiger partial charge in [-0.1, -0.05) is 145 Å². The fraction of sp³-hybridized carbons (Fsp3) is 0.0943. The standard InChI is InChI=1S/C53H42N2/c1-37-24-33-50-51(34-37)47-21-11-9-15-41(47)36-53(50)55(43-18-6-3-7-19-43)45-31-27-39(28-32-45)38-25-29-44(30-26-38)54(42-16-4-2-5-17-42)52-35-40-14-8-10-20-46(40)48-22-12-13-23-49(48)52/h2-8,10-14,16-27,29-36,39H,9,15,28H2,1H3. The Kier molecular flexibility index (Phi) is 8.37. The highest BCUT2D eigenvalue weighted by molar-refractivity contribution is 6.14. The average molecular weight is 707 g/mol. The van der Waals surface area contributed by atoms with Crippen molar-refractivity contribution in [3.63, 3.8) is 0 Å². The molecule has 8 aromatic carbocycles. The lowest BCUT2D eigenvalue weighted by atomic mass is 9.89. The van der Waals surface area contributed by atoms with Gasteiger partial charge in [0.1, 0.15) is 0 Å². The highest BCUT2D eigenvalue weighted by atomic mass is 15.2. The summed E-state index contributed by atoms with van der Waals surface area (Å²) < 4.78 is 0. The molecule has 0 aromatic heterocycles. The Morgan fingerprint density at radius 3 is 1.89 bits per heavy atom. The van der Waals surface area contributed by atoms with Crippen LogP contribution >= 0.6 is 0 Å². The van der Waals surface area contributed by atoms with Crippen molar-refractivity contribution in [1.82, 2.24) is 0 Å². The highest BCUT2D eigenvalue weighted by Crippen LogP contribution is 2.44. The molecule has 0 saturated heterocycles. The van der Waals surface area contributed by atoms with Gasteiger partial charge in [-0.05, 0) is 119 Å². The van der Waals surface area contributed by atoms with Crippen LogP contribution in [0.15, 0.2) is 194 Å². The van der Waals surface area contributed by atoms with Gasteiger partial charge in [0.15, 0.2) is 0 Å². The summed E-state index contributed by atoms with van der Waals surface area (Å²) in [6.07, 6.45) is 14.9. The van der Waals surface area contributed by atoms with Gasteiger partial charge in [0, 0.05) is 39.4 Å². The number of benzene rings is 8. The molecular formula is C53H42N2. The molecule has 0 saturated carbocycles. The van der Waals surface area contributed by atoms with Crippen molar-refractivity contribution in [2.45, 2.75) is 32.1 Å². The summed E-state index contributed by atoms with van der Waals surface area (Å²) in [5.41, 5.74) is 12.5. The van der Waals surface area contributed by atoms with Gasteiger partial charge in [0.2, 0.25) is 0 Å². The molecule has 2 heteroatoms. The highest BCUT2D eigenvalue weighted by Gasteiger charge is 2.23. The molecule has 0 aliphatic heterocycles. The molecule has 1 atom stereocenters. The van der Waals surface area contributed by atoms with E-state index in [2.05, 4.69) is 211 Å². The molecule has 0 heterocycles. The van der Waals surface area contributed by atoms with E-state index in [-0.39, 0.29) is 5.92 Å².